The molecule has 18 heavy (non-hydrogen) atoms. The lowest BCUT2D eigenvalue weighted by Crippen LogP contribution is -2.40. The molecular weight excluding hydrogens is 224 g/mol. The van der Waals surface area contributed by atoms with E-state index >= 15 is 0 Å². The summed E-state index contributed by atoms with van der Waals surface area (Å²) in [5.74, 6) is -0.109. The maximum Gasteiger partial charge on any atom is 0.231 e. The van der Waals surface area contributed by atoms with Gasteiger partial charge in [-0.05, 0) is 25.8 Å². The van der Waals surface area contributed by atoms with E-state index in [0.29, 0.717) is 0 Å². The second kappa shape index (κ2) is 6.80. The third kappa shape index (κ3) is 3.33. The van der Waals surface area contributed by atoms with Gasteiger partial charge in [-0.1, -0.05) is 37.3 Å². The smallest absolute Gasteiger partial charge is 0.231 e. The van der Waals surface area contributed by atoms with Gasteiger partial charge >= 0.3 is 0 Å². The van der Waals surface area contributed by atoms with Crippen molar-refractivity contribution in [3.8, 4) is 6.07 Å². The molecule has 1 aromatic rings. The van der Waals surface area contributed by atoms with Gasteiger partial charge in [-0.15, -0.1) is 0 Å². The van der Waals surface area contributed by atoms with E-state index < -0.39 is 0 Å². The zero-order valence-corrected chi connectivity index (χ0v) is 11.3. The van der Waals surface area contributed by atoms with Crippen molar-refractivity contribution < 1.29 is 4.79 Å². The van der Waals surface area contributed by atoms with Crippen LogP contribution in [0, 0.1) is 11.3 Å². The maximum absolute atomic E-state index is 12.5. The average molecular weight is 244 g/mol. The van der Waals surface area contributed by atoms with Crippen LogP contribution in [0.15, 0.2) is 30.3 Å². The molecule has 0 aromatic heterocycles. The predicted octanol–water partition coefficient (Wildman–Crippen LogP) is 2.94. The van der Waals surface area contributed by atoms with Gasteiger partial charge in [-0.3, -0.25) is 4.79 Å². The standard InChI is InChI=1S/C15H20N2O/c1-4-14(13-8-6-5-7-9-13)15(18)17(11-10-16)12(2)3/h5-9,12,14H,4,11H2,1-3H3. The van der Waals surface area contributed by atoms with Crippen molar-refractivity contribution in [2.24, 2.45) is 0 Å². The average Bonchev–Trinajstić information content (AvgIpc) is 2.37. The van der Waals surface area contributed by atoms with Crippen LogP contribution in [-0.4, -0.2) is 23.4 Å². The van der Waals surface area contributed by atoms with Crippen LogP contribution in [-0.2, 0) is 4.79 Å². The monoisotopic (exact) mass is 244 g/mol. The molecule has 0 saturated carbocycles. The topological polar surface area (TPSA) is 44.1 Å². The molecular formula is C15H20N2O. The minimum atomic E-state index is -0.151. The quantitative estimate of drug-likeness (QED) is 0.747. The molecule has 0 N–H and O–H groups in total. The van der Waals surface area contributed by atoms with Crippen LogP contribution in [0.25, 0.3) is 0 Å². The van der Waals surface area contributed by atoms with Crippen molar-refractivity contribution in [3.63, 3.8) is 0 Å². The van der Waals surface area contributed by atoms with Gasteiger partial charge in [-0.25, -0.2) is 0 Å². The van der Waals surface area contributed by atoms with Gasteiger partial charge in [0.2, 0.25) is 5.91 Å². The van der Waals surface area contributed by atoms with Crippen LogP contribution in [0.1, 0.15) is 38.7 Å². The molecule has 1 atom stereocenters. The van der Waals surface area contributed by atoms with Gasteiger partial charge in [0.15, 0.2) is 0 Å². The van der Waals surface area contributed by atoms with E-state index in [1.807, 2.05) is 51.1 Å². The largest absolute Gasteiger partial charge is 0.326 e. The first-order valence-electron chi connectivity index (χ1n) is 6.34. The Kier molecular flexibility index (Phi) is 5.38. The van der Waals surface area contributed by atoms with Crippen molar-refractivity contribution in [1.29, 1.82) is 5.26 Å². The number of rotatable bonds is 5. The second-order valence-corrected chi connectivity index (χ2v) is 4.59. The minimum Gasteiger partial charge on any atom is -0.326 e. The van der Waals surface area contributed by atoms with Gasteiger partial charge in [-0.2, -0.15) is 5.26 Å². The number of hydrogen-bond acceptors (Lipinski definition) is 2. The lowest BCUT2D eigenvalue weighted by atomic mass is 9.94. The molecule has 1 rings (SSSR count). The number of carbonyl (C=O) groups is 1. The predicted molar refractivity (Wildman–Crippen MR) is 71.9 cm³/mol. The van der Waals surface area contributed by atoms with Crippen molar-refractivity contribution in [2.45, 2.75) is 39.2 Å². The molecule has 0 radical (unpaired) electrons. The Hall–Kier alpha value is -1.82. The first-order chi connectivity index (χ1) is 8.61. The van der Waals surface area contributed by atoms with E-state index in [1.54, 1.807) is 4.90 Å². The number of nitrogens with zero attached hydrogens (tertiary/aromatic N) is 2. The number of nitriles is 1. The van der Waals surface area contributed by atoms with Crippen molar-refractivity contribution in [1.82, 2.24) is 4.90 Å². The van der Waals surface area contributed by atoms with Crippen LogP contribution in [0.4, 0.5) is 0 Å². The highest BCUT2D eigenvalue weighted by atomic mass is 16.2. The fourth-order valence-corrected chi connectivity index (χ4v) is 2.03. The lowest BCUT2D eigenvalue weighted by Gasteiger charge is -2.28. The fourth-order valence-electron chi connectivity index (χ4n) is 2.03. The number of benzene rings is 1. The number of amides is 1. The zero-order valence-electron chi connectivity index (χ0n) is 11.3. The van der Waals surface area contributed by atoms with E-state index in [2.05, 4.69) is 6.07 Å². The summed E-state index contributed by atoms with van der Waals surface area (Å²) in [5, 5.41) is 8.82. The van der Waals surface area contributed by atoms with E-state index in [9.17, 15) is 4.79 Å². The molecule has 0 saturated heterocycles. The van der Waals surface area contributed by atoms with E-state index in [4.69, 9.17) is 5.26 Å². The minimum absolute atomic E-state index is 0.0419. The summed E-state index contributed by atoms with van der Waals surface area (Å²) in [7, 11) is 0. The van der Waals surface area contributed by atoms with Crippen molar-refractivity contribution in [3.05, 3.63) is 35.9 Å². The highest BCUT2D eigenvalue weighted by molar-refractivity contribution is 5.84. The summed E-state index contributed by atoms with van der Waals surface area (Å²) in [5.41, 5.74) is 1.02. The van der Waals surface area contributed by atoms with Gasteiger partial charge in [0.05, 0.1) is 12.0 Å². The van der Waals surface area contributed by atoms with Crippen LogP contribution in [0.5, 0.6) is 0 Å². The lowest BCUT2D eigenvalue weighted by molar-refractivity contribution is -0.133. The summed E-state index contributed by atoms with van der Waals surface area (Å²) >= 11 is 0. The molecule has 0 spiro atoms. The van der Waals surface area contributed by atoms with Crippen LogP contribution < -0.4 is 0 Å². The molecule has 0 heterocycles. The van der Waals surface area contributed by atoms with Crippen LogP contribution in [0.2, 0.25) is 0 Å². The Labute approximate surface area is 109 Å². The summed E-state index contributed by atoms with van der Waals surface area (Å²) in [6.45, 7) is 6.03. The molecule has 0 bridgehead atoms. The van der Waals surface area contributed by atoms with Gasteiger partial charge in [0, 0.05) is 6.04 Å². The summed E-state index contributed by atoms with van der Waals surface area (Å²) < 4.78 is 0. The van der Waals surface area contributed by atoms with E-state index in [0.717, 1.165) is 12.0 Å². The van der Waals surface area contributed by atoms with Crippen LogP contribution in [0.3, 0.4) is 0 Å². The van der Waals surface area contributed by atoms with Crippen LogP contribution >= 0.6 is 0 Å². The summed E-state index contributed by atoms with van der Waals surface area (Å²) in [6, 6.07) is 11.9. The normalized spacial score (nSPS) is 11.9. The molecule has 0 fully saturated rings. The first kappa shape index (κ1) is 14.2. The van der Waals surface area contributed by atoms with E-state index in [-0.39, 0.29) is 24.4 Å². The summed E-state index contributed by atoms with van der Waals surface area (Å²) in [6.07, 6.45) is 0.748. The maximum atomic E-state index is 12.5. The second-order valence-electron chi connectivity index (χ2n) is 4.59. The Morgan fingerprint density at radius 2 is 1.94 bits per heavy atom. The number of hydrogen-bond donors (Lipinski definition) is 0. The summed E-state index contributed by atoms with van der Waals surface area (Å²) in [4.78, 5) is 14.1. The highest BCUT2D eigenvalue weighted by Crippen LogP contribution is 2.22. The van der Waals surface area contributed by atoms with Crippen molar-refractivity contribution >= 4 is 5.91 Å². The molecule has 0 aliphatic rings. The zero-order chi connectivity index (χ0) is 13.5. The molecule has 3 nitrogen and oxygen atoms in total. The number of carbonyl (C=O) groups excluding carboxylic acids is 1. The Balaban J connectivity index is 2.95. The Morgan fingerprint density at radius 1 is 1.33 bits per heavy atom. The third-order valence-electron chi connectivity index (χ3n) is 3.06. The SMILES string of the molecule is CCC(C(=O)N(CC#N)C(C)C)c1ccccc1. The highest BCUT2D eigenvalue weighted by Gasteiger charge is 2.25. The van der Waals surface area contributed by atoms with Gasteiger partial charge < -0.3 is 4.90 Å². The molecule has 0 aliphatic heterocycles. The third-order valence-corrected chi connectivity index (χ3v) is 3.06. The molecule has 1 aromatic carbocycles. The molecule has 0 aliphatic carbocycles. The molecule has 1 amide bonds. The Bertz CT molecular complexity index is 420. The van der Waals surface area contributed by atoms with Crippen molar-refractivity contribution in [2.75, 3.05) is 6.54 Å². The van der Waals surface area contributed by atoms with E-state index in [1.165, 1.54) is 0 Å². The molecule has 96 valence electrons. The first-order valence-corrected chi connectivity index (χ1v) is 6.34. The fraction of sp³-hybridized carbons (Fsp3) is 0.467. The molecule has 1 unspecified atom stereocenters. The Morgan fingerprint density at radius 3 is 2.39 bits per heavy atom. The van der Waals surface area contributed by atoms with Gasteiger partial charge in [0.25, 0.3) is 0 Å². The van der Waals surface area contributed by atoms with Gasteiger partial charge in [0.1, 0.15) is 6.54 Å². The molecule has 3 heteroatoms.